The first-order valence-electron chi connectivity index (χ1n) is 16.0. The highest BCUT2D eigenvalue weighted by Gasteiger charge is 2.51. The molecular weight excluding hydrogens is 695 g/mol. The summed E-state index contributed by atoms with van der Waals surface area (Å²) in [7, 11) is 1.57. The number of rotatable bonds is 11. The number of fused-ring (bicyclic) bond motifs is 1. The Labute approximate surface area is 300 Å². The van der Waals surface area contributed by atoms with Crippen LogP contribution in [0.2, 0.25) is 5.28 Å². The molecule has 4 aromatic carbocycles. The van der Waals surface area contributed by atoms with Gasteiger partial charge in [0.05, 0.1) is 30.5 Å². The zero-order chi connectivity index (χ0) is 36.4. The highest BCUT2D eigenvalue weighted by Crippen LogP contribution is 2.43. The summed E-state index contributed by atoms with van der Waals surface area (Å²) in [4.78, 5) is 36.4. The summed E-state index contributed by atoms with van der Waals surface area (Å²) in [6, 6.07) is 31.2. The molecule has 0 aliphatic carbocycles. The maximum absolute atomic E-state index is 16.8. The number of carbonyl (C=O) groups excluding carboxylic acids is 1. The van der Waals surface area contributed by atoms with Crippen LogP contribution in [0.4, 0.5) is 15.9 Å². The second-order valence-electron chi connectivity index (χ2n) is 11.8. The van der Waals surface area contributed by atoms with E-state index in [1.807, 2.05) is 84.9 Å². The van der Waals surface area contributed by atoms with Gasteiger partial charge < -0.3 is 24.7 Å². The number of aromatic nitrogens is 4. The fraction of sp³-hybridized carbons (Fsp3) is 0.189. The van der Waals surface area contributed by atoms with E-state index < -0.39 is 41.1 Å². The van der Waals surface area contributed by atoms with Gasteiger partial charge in [-0.1, -0.05) is 72.8 Å². The molecule has 1 unspecified atom stereocenters. The van der Waals surface area contributed by atoms with Crippen molar-refractivity contribution in [2.45, 2.75) is 30.2 Å². The molecule has 0 saturated carbocycles. The molecule has 13 nitrogen and oxygen atoms in total. The van der Waals surface area contributed by atoms with Crippen molar-refractivity contribution in [1.82, 2.24) is 19.5 Å². The zero-order valence-electron chi connectivity index (χ0n) is 27.4. The quantitative estimate of drug-likeness (QED) is 0.0513. The molecule has 264 valence electrons. The van der Waals surface area contributed by atoms with E-state index in [4.69, 9.17) is 36.3 Å². The van der Waals surface area contributed by atoms with Crippen molar-refractivity contribution in [2.75, 3.05) is 19.5 Å². The van der Waals surface area contributed by atoms with Crippen LogP contribution in [0.25, 0.3) is 11.2 Å². The molecule has 6 aromatic rings. The first-order chi connectivity index (χ1) is 25.2. The number of alkyl halides is 1. The molecule has 1 fully saturated rings. The molecule has 15 heteroatoms. The predicted molar refractivity (Wildman–Crippen MR) is 188 cm³/mol. The number of hydrogen-bond donors (Lipinski definition) is 1. The van der Waals surface area contributed by atoms with E-state index in [-0.39, 0.29) is 40.1 Å². The Morgan fingerprint density at radius 3 is 2.17 bits per heavy atom. The SMILES string of the molecule is COc1ccc(C(OC[C@H]2OC(n3cnc4c(N)nc(Cl)nc43)[C@@H](F)[C@H]2OC(=O)c2ccc([N+](=O)[O-])cc2)(c2ccccc2)c2ccccc2)cc1. The molecule has 0 radical (unpaired) electrons. The number of carbonyl (C=O) groups is 1. The van der Waals surface area contributed by atoms with Gasteiger partial charge in [-0.25, -0.2) is 14.2 Å². The monoisotopic (exact) mass is 724 g/mol. The number of anilines is 1. The van der Waals surface area contributed by atoms with E-state index >= 15 is 4.39 Å². The van der Waals surface area contributed by atoms with Crippen LogP contribution in [0.3, 0.4) is 0 Å². The highest BCUT2D eigenvalue weighted by atomic mass is 35.5. The number of non-ortho nitro benzene ring substituents is 1. The summed E-state index contributed by atoms with van der Waals surface area (Å²) in [6.45, 7) is -0.282. The van der Waals surface area contributed by atoms with Crippen LogP contribution < -0.4 is 10.5 Å². The zero-order valence-corrected chi connectivity index (χ0v) is 28.2. The molecule has 1 saturated heterocycles. The number of nitro groups is 1. The number of benzene rings is 4. The van der Waals surface area contributed by atoms with Gasteiger partial charge in [0.1, 0.15) is 23.0 Å². The van der Waals surface area contributed by atoms with Crippen molar-refractivity contribution in [3.05, 3.63) is 153 Å². The van der Waals surface area contributed by atoms with E-state index in [0.29, 0.717) is 5.75 Å². The number of nitrogen functional groups attached to an aromatic ring is 1. The molecular formula is C37H30ClFN6O7. The normalized spacial score (nSPS) is 18.7. The van der Waals surface area contributed by atoms with Gasteiger partial charge in [0.25, 0.3) is 5.69 Å². The van der Waals surface area contributed by atoms with Crippen LogP contribution in [0.5, 0.6) is 5.75 Å². The van der Waals surface area contributed by atoms with Gasteiger partial charge in [-0.05, 0) is 52.6 Å². The smallest absolute Gasteiger partial charge is 0.338 e. The van der Waals surface area contributed by atoms with Crippen LogP contribution in [0.1, 0.15) is 33.3 Å². The number of methoxy groups -OCH3 is 1. The summed E-state index contributed by atoms with van der Waals surface area (Å²) < 4.78 is 42.6. The molecule has 1 aliphatic rings. The van der Waals surface area contributed by atoms with E-state index in [2.05, 4.69) is 15.0 Å². The Morgan fingerprint density at radius 2 is 1.58 bits per heavy atom. The topological polar surface area (TPSA) is 167 Å². The van der Waals surface area contributed by atoms with Gasteiger partial charge in [0.2, 0.25) is 5.28 Å². The average Bonchev–Trinajstić information content (AvgIpc) is 3.73. The molecule has 2 N–H and O–H groups in total. The van der Waals surface area contributed by atoms with Gasteiger partial charge in [0, 0.05) is 12.1 Å². The summed E-state index contributed by atoms with van der Waals surface area (Å²) in [5.74, 6) is -0.302. The molecule has 0 bridgehead atoms. The molecule has 4 atom stereocenters. The lowest BCUT2D eigenvalue weighted by molar-refractivity contribution is -0.384. The van der Waals surface area contributed by atoms with Crippen molar-refractivity contribution in [3.63, 3.8) is 0 Å². The van der Waals surface area contributed by atoms with Gasteiger partial charge in [-0.2, -0.15) is 9.97 Å². The van der Waals surface area contributed by atoms with Gasteiger partial charge in [0.15, 0.2) is 30.0 Å². The molecule has 7 rings (SSSR count). The van der Waals surface area contributed by atoms with Crippen LogP contribution in [-0.4, -0.2) is 62.5 Å². The second kappa shape index (κ2) is 14.3. The Hall–Kier alpha value is -5.96. The van der Waals surface area contributed by atoms with Gasteiger partial charge in [-0.15, -0.1) is 0 Å². The van der Waals surface area contributed by atoms with Crippen LogP contribution in [0.15, 0.2) is 116 Å². The number of nitro benzene ring substituents is 1. The van der Waals surface area contributed by atoms with Crippen molar-refractivity contribution in [1.29, 1.82) is 0 Å². The lowest BCUT2D eigenvalue weighted by Crippen LogP contribution is -2.41. The minimum atomic E-state index is -1.98. The third kappa shape index (κ3) is 6.38. The maximum Gasteiger partial charge on any atom is 0.338 e. The third-order valence-corrected chi connectivity index (χ3v) is 9.01. The molecule has 3 heterocycles. The van der Waals surface area contributed by atoms with E-state index in [1.54, 1.807) is 7.11 Å². The van der Waals surface area contributed by atoms with E-state index in [1.165, 1.54) is 23.0 Å². The predicted octanol–water partition coefficient (Wildman–Crippen LogP) is 6.45. The Kier molecular flexibility index (Phi) is 9.51. The minimum Gasteiger partial charge on any atom is -0.497 e. The van der Waals surface area contributed by atoms with Crippen molar-refractivity contribution in [3.8, 4) is 5.75 Å². The number of nitrogens with two attached hydrogens (primary N) is 1. The standard InChI is InChI=1S/C37H30ClFN6O7/c1-49-27-18-14-25(15-19-27)37(23-8-4-2-5-9-23,24-10-6-3-7-11-24)50-20-28-31(52-35(46)22-12-16-26(17-13-22)45(47)48)29(39)34(51-28)44-21-41-30-32(40)42-36(38)43-33(30)44/h2-19,21,28-29,31,34H,20H2,1H3,(H2,40,42,43)/t28-,29+,31+,34?/m1/s1. The number of esters is 1. The molecule has 1 aliphatic heterocycles. The highest BCUT2D eigenvalue weighted by molar-refractivity contribution is 6.28. The van der Waals surface area contributed by atoms with Crippen LogP contribution in [0, 0.1) is 10.1 Å². The summed E-state index contributed by atoms with van der Waals surface area (Å²) >= 11 is 6.10. The van der Waals surface area contributed by atoms with E-state index in [0.717, 1.165) is 28.8 Å². The lowest BCUT2D eigenvalue weighted by atomic mass is 9.80. The first-order valence-corrected chi connectivity index (χ1v) is 16.4. The number of halogens is 2. The third-order valence-electron chi connectivity index (χ3n) is 8.84. The van der Waals surface area contributed by atoms with Crippen LogP contribution in [-0.2, 0) is 19.8 Å². The van der Waals surface area contributed by atoms with Crippen molar-refractivity contribution < 1.29 is 33.1 Å². The largest absolute Gasteiger partial charge is 0.497 e. The molecule has 0 spiro atoms. The number of hydrogen-bond acceptors (Lipinski definition) is 11. The molecule has 52 heavy (non-hydrogen) atoms. The summed E-state index contributed by atoms with van der Waals surface area (Å²) in [5, 5.41) is 11.0. The Balaban J connectivity index is 1.29. The molecule has 0 amide bonds. The minimum absolute atomic E-state index is 0.0156. The van der Waals surface area contributed by atoms with Crippen LogP contribution >= 0.6 is 11.6 Å². The van der Waals surface area contributed by atoms with Gasteiger partial charge >= 0.3 is 5.97 Å². The average molecular weight is 725 g/mol. The van der Waals surface area contributed by atoms with Crippen molar-refractivity contribution in [2.24, 2.45) is 0 Å². The second-order valence-corrected chi connectivity index (χ2v) is 12.2. The Morgan fingerprint density at radius 1 is 0.962 bits per heavy atom. The Bertz CT molecular complexity index is 2170. The first kappa shape index (κ1) is 34.5. The maximum atomic E-state index is 16.8. The fourth-order valence-electron chi connectivity index (χ4n) is 6.33. The van der Waals surface area contributed by atoms with E-state index in [9.17, 15) is 14.9 Å². The van der Waals surface area contributed by atoms with Gasteiger partial charge in [-0.3, -0.25) is 14.7 Å². The number of imidazole rings is 1. The van der Waals surface area contributed by atoms with Crippen molar-refractivity contribution >= 4 is 40.2 Å². The molecule has 2 aromatic heterocycles. The summed E-state index contributed by atoms with van der Waals surface area (Å²) in [5.41, 5.74) is 7.04. The number of nitrogens with zero attached hydrogens (tertiary/aromatic N) is 5. The summed E-state index contributed by atoms with van der Waals surface area (Å²) in [6.07, 6.45) is -4.83. The fourth-order valence-corrected chi connectivity index (χ4v) is 6.50. The number of ether oxygens (including phenoxy) is 4. The lowest BCUT2D eigenvalue weighted by Gasteiger charge is -2.37.